The van der Waals surface area contributed by atoms with Crippen LogP contribution in [-0.4, -0.2) is 5.97 Å². The lowest BCUT2D eigenvalue weighted by atomic mass is 10.1. The molecule has 0 aliphatic rings. The van der Waals surface area contributed by atoms with Crippen LogP contribution in [0, 0.1) is 23.0 Å². The normalized spacial score (nSPS) is 9.95. The molecule has 0 radical (unpaired) electrons. The summed E-state index contributed by atoms with van der Waals surface area (Å²) in [6.07, 6.45) is 0. The Morgan fingerprint density at radius 1 is 1.24 bits per heavy atom. The molecule has 0 aromatic heterocycles. The quantitative estimate of drug-likeness (QED) is 0.696. The molecule has 0 saturated carbocycles. The zero-order valence-electron chi connectivity index (χ0n) is 10.8. The minimum atomic E-state index is -0.851. The first-order chi connectivity index (χ1) is 10.0. The second-order valence-corrected chi connectivity index (χ2v) is 4.23. The molecule has 0 unspecified atom stereocenters. The SMILES string of the molecule is N#Cc1ccc(COC(=O)c2cc(F)ccc2N)c(F)c1. The van der Waals surface area contributed by atoms with Crippen LogP contribution >= 0.6 is 0 Å². The summed E-state index contributed by atoms with van der Waals surface area (Å²) in [6.45, 7) is -0.341. The van der Waals surface area contributed by atoms with Crippen molar-refractivity contribution in [1.29, 1.82) is 5.26 Å². The Morgan fingerprint density at radius 3 is 2.67 bits per heavy atom. The number of hydrogen-bond acceptors (Lipinski definition) is 4. The van der Waals surface area contributed by atoms with E-state index >= 15 is 0 Å². The van der Waals surface area contributed by atoms with Crippen LogP contribution in [0.15, 0.2) is 36.4 Å². The molecule has 21 heavy (non-hydrogen) atoms. The molecule has 6 heteroatoms. The van der Waals surface area contributed by atoms with Crippen LogP contribution in [0.25, 0.3) is 0 Å². The van der Waals surface area contributed by atoms with Crippen molar-refractivity contribution < 1.29 is 18.3 Å². The van der Waals surface area contributed by atoms with Crippen LogP contribution in [0.4, 0.5) is 14.5 Å². The van der Waals surface area contributed by atoms with Gasteiger partial charge in [0.15, 0.2) is 0 Å². The van der Waals surface area contributed by atoms with E-state index in [4.69, 9.17) is 15.7 Å². The highest BCUT2D eigenvalue weighted by molar-refractivity contribution is 5.95. The number of carbonyl (C=O) groups is 1. The van der Waals surface area contributed by atoms with Crippen LogP contribution in [-0.2, 0) is 11.3 Å². The number of halogens is 2. The van der Waals surface area contributed by atoms with Gasteiger partial charge in [-0.15, -0.1) is 0 Å². The maximum absolute atomic E-state index is 13.6. The number of nitrogens with zero attached hydrogens (tertiary/aromatic N) is 1. The minimum absolute atomic E-state index is 0.0710. The van der Waals surface area contributed by atoms with E-state index in [1.54, 1.807) is 6.07 Å². The van der Waals surface area contributed by atoms with Crippen molar-refractivity contribution in [2.45, 2.75) is 6.61 Å². The number of rotatable bonds is 3. The Morgan fingerprint density at radius 2 is 2.00 bits per heavy atom. The van der Waals surface area contributed by atoms with Crippen LogP contribution < -0.4 is 5.73 Å². The molecule has 0 aliphatic carbocycles. The van der Waals surface area contributed by atoms with Gasteiger partial charge in [-0.1, -0.05) is 6.07 Å². The van der Waals surface area contributed by atoms with E-state index in [1.165, 1.54) is 18.2 Å². The molecule has 0 atom stereocenters. The Balaban J connectivity index is 2.11. The predicted molar refractivity (Wildman–Crippen MR) is 71.0 cm³/mol. The molecule has 2 aromatic carbocycles. The van der Waals surface area contributed by atoms with Gasteiger partial charge in [-0.25, -0.2) is 13.6 Å². The smallest absolute Gasteiger partial charge is 0.340 e. The number of ether oxygens (including phenoxy) is 1. The number of anilines is 1. The number of benzene rings is 2. The molecule has 106 valence electrons. The van der Waals surface area contributed by atoms with Crippen LogP contribution in [0.3, 0.4) is 0 Å². The van der Waals surface area contributed by atoms with E-state index in [2.05, 4.69) is 0 Å². The number of nitrogen functional groups attached to an aromatic ring is 1. The average Bonchev–Trinajstić information content (AvgIpc) is 2.48. The van der Waals surface area contributed by atoms with Gasteiger partial charge in [0.2, 0.25) is 0 Å². The summed E-state index contributed by atoms with van der Waals surface area (Å²) in [7, 11) is 0. The first-order valence-corrected chi connectivity index (χ1v) is 5.92. The van der Waals surface area contributed by atoms with Gasteiger partial charge in [0, 0.05) is 11.3 Å². The fourth-order valence-electron chi connectivity index (χ4n) is 1.66. The summed E-state index contributed by atoms with van der Waals surface area (Å²) in [5.41, 5.74) is 5.77. The van der Waals surface area contributed by atoms with Gasteiger partial charge in [-0.2, -0.15) is 5.26 Å². The molecule has 0 heterocycles. The molecule has 0 spiro atoms. The number of nitriles is 1. The van der Waals surface area contributed by atoms with Gasteiger partial charge in [0.1, 0.15) is 18.2 Å². The third-order valence-corrected chi connectivity index (χ3v) is 2.78. The molecule has 0 amide bonds. The van der Waals surface area contributed by atoms with Gasteiger partial charge in [0.05, 0.1) is 17.2 Å². The van der Waals surface area contributed by atoms with Crippen LogP contribution in [0.2, 0.25) is 0 Å². The Kier molecular flexibility index (Phi) is 4.14. The monoisotopic (exact) mass is 288 g/mol. The second-order valence-electron chi connectivity index (χ2n) is 4.23. The Bertz CT molecular complexity index is 739. The largest absolute Gasteiger partial charge is 0.457 e. The number of nitrogens with two attached hydrogens (primary N) is 1. The van der Waals surface area contributed by atoms with E-state index in [1.807, 2.05) is 0 Å². The van der Waals surface area contributed by atoms with E-state index in [-0.39, 0.29) is 29.0 Å². The average molecular weight is 288 g/mol. The summed E-state index contributed by atoms with van der Waals surface area (Å²) >= 11 is 0. The van der Waals surface area contributed by atoms with Crippen molar-refractivity contribution in [3.63, 3.8) is 0 Å². The molecule has 2 N–H and O–H groups in total. The molecule has 0 aliphatic heterocycles. The molecular weight excluding hydrogens is 278 g/mol. The first-order valence-electron chi connectivity index (χ1n) is 5.92. The summed E-state index contributed by atoms with van der Waals surface area (Å²) in [5.74, 6) is -2.13. The van der Waals surface area contributed by atoms with Gasteiger partial charge in [-0.05, 0) is 30.3 Å². The zero-order valence-corrected chi connectivity index (χ0v) is 10.8. The van der Waals surface area contributed by atoms with Gasteiger partial charge < -0.3 is 10.5 Å². The zero-order chi connectivity index (χ0) is 15.4. The Hall–Kier alpha value is -2.94. The predicted octanol–water partition coefficient (Wildman–Crippen LogP) is 2.78. The van der Waals surface area contributed by atoms with E-state index < -0.39 is 17.6 Å². The summed E-state index contributed by atoms with van der Waals surface area (Å²) in [4.78, 5) is 11.8. The van der Waals surface area contributed by atoms with Crippen molar-refractivity contribution in [1.82, 2.24) is 0 Å². The van der Waals surface area contributed by atoms with E-state index in [0.29, 0.717) is 0 Å². The first kappa shape index (κ1) is 14.5. The standard InChI is InChI=1S/C15H10F2N2O2/c16-11-3-4-14(19)12(6-11)15(20)21-8-10-2-1-9(7-18)5-13(10)17/h1-6H,8,19H2. The lowest BCUT2D eigenvalue weighted by molar-refractivity contribution is 0.0469. The summed E-state index contributed by atoms with van der Waals surface area (Å²) < 4.78 is 31.6. The highest BCUT2D eigenvalue weighted by Crippen LogP contribution is 2.17. The summed E-state index contributed by atoms with van der Waals surface area (Å²) in [5, 5.41) is 8.62. The molecule has 0 fully saturated rings. The lowest BCUT2D eigenvalue weighted by Crippen LogP contribution is -2.09. The fraction of sp³-hybridized carbons (Fsp3) is 0.0667. The van der Waals surface area contributed by atoms with Gasteiger partial charge >= 0.3 is 5.97 Å². The maximum Gasteiger partial charge on any atom is 0.340 e. The highest BCUT2D eigenvalue weighted by Gasteiger charge is 2.14. The maximum atomic E-state index is 13.6. The summed E-state index contributed by atoms with van der Waals surface area (Å²) in [6, 6.07) is 8.90. The molecule has 2 aromatic rings. The fourth-order valence-corrected chi connectivity index (χ4v) is 1.66. The topological polar surface area (TPSA) is 76.1 Å². The van der Waals surface area contributed by atoms with Gasteiger partial charge in [-0.3, -0.25) is 0 Å². The van der Waals surface area contributed by atoms with Crippen LogP contribution in [0.1, 0.15) is 21.5 Å². The van der Waals surface area contributed by atoms with Crippen molar-refractivity contribution in [3.05, 3.63) is 64.7 Å². The molecule has 0 bridgehead atoms. The van der Waals surface area contributed by atoms with Crippen LogP contribution in [0.5, 0.6) is 0 Å². The highest BCUT2D eigenvalue weighted by atomic mass is 19.1. The van der Waals surface area contributed by atoms with Crippen molar-refractivity contribution in [3.8, 4) is 6.07 Å². The molecular formula is C15H10F2N2O2. The molecule has 2 rings (SSSR count). The van der Waals surface area contributed by atoms with Crippen molar-refractivity contribution in [2.75, 3.05) is 5.73 Å². The third kappa shape index (κ3) is 3.34. The van der Waals surface area contributed by atoms with Gasteiger partial charge in [0.25, 0.3) is 0 Å². The lowest BCUT2D eigenvalue weighted by Gasteiger charge is -2.08. The minimum Gasteiger partial charge on any atom is -0.457 e. The molecule has 4 nitrogen and oxygen atoms in total. The molecule has 0 saturated heterocycles. The van der Waals surface area contributed by atoms with E-state index in [0.717, 1.165) is 18.2 Å². The third-order valence-electron chi connectivity index (χ3n) is 2.78. The van der Waals surface area contributed by atoms with E-state index in [9.17, 15) is 13.6 Å². The number of hydrogen-bond donors (Lipinski definition) is 1. The van der Waals surface area contributed by atoms with Crippen molar-refractivity contribution >= 4 is 11.7 Å². The van der Waals surface area contributed by atoms with Crippen molar-refractivity contribution in [2.24, 2.45) is 0 Å². The number of esters is 1. The Labute approximate surface area is 119 Å². The second kappa shape index (κ2) is 6.01. The number of carbonyl (C=O) groups excluding carboxylic acids is 1.